The molecule has 0 atom stereocenters. The fourth-order valence-corrected chi connectivity index (χ4v) is 4.69. The van der Waals surface area contributed by atoms with E-state index in [0.717, 1.165) is 44.1 Å². The largest absolute Gasteiger partial charge is 0.292 e. The molecule has 3 aromatic carbocycles. The van der Waals surface area contributed by atoms with E-state index >= 15 is 0 Å². The van der Waals surface area contributed by atoms with E-state index in [9.17, 15) is 0 Å². The number of nitrogens with zero attached hydrogens (tertiary/aromatic N) is 6. The van der Waals surface area contributed by atoms with E-state index in [-0.39, 0.29) is 0 Å². The van der Waals surface area contributed by atoms with E-state index in [4.69, 9.17) is 0 Å². The molecule has 6 rings (SSSR count). The summed E-state index contributed by atoms with van der Waals surface area (Å²) in [6.45, 7) is 2.01. The lowest BCUT2D eigenvalue weighted by Gasteiger charge is -2.10. The Kier molecular flexibility index (Phi) is 4.11. The number of aromatic nitrogens is 5. The quantitative estimate of drug-likeness (QED) is 0.275. The maximum absolute atomic E-state index is 4.63. The van der Waals surface area contributed by atoms with Gasteiger partial charge in [0.15, 0.2) is 0 Å². The second-order valence-electron chi connectivity index (χ2n) is 7.58. The number of rotatable bonds is 2. The van der Waals surface area contributed by atoms with Gasteiger partial charge < -0.3 is 0 Å². The van der Waals surface area contributed by atoms with Crippen LogP contribution in [0.15, 0.2) is 90.5 Å². The van der Waals surface area contributed by atoms with Crippen LogP contribution in [0.1, 0.15) is 6.92 Å². The van der Waals surface area contributed by atoms with Gasteiger partial charge in [0.05, 0.1) is 22.1 Å². The highest BCUT2D eigenvalue weighted by Gasteiger charge is 2.22. The van der Waals surface area contributed by atoms with Crippen LogP contribution < -0.4 is 0 Å². The van der Waals surface area contributed by atoms with Gasteiger partial charge in [-0.25, -0.2) is 15.0 Å². The van der Waals surface area contributed by atoms with E-state index in [2.05, 4.69) is 83.7 Å². The fraction of sp³-hybridized carbons (Fsp3) is 0.0769. The van der Waals surface area contributed by atoms with Crippen LogP contribution in [-0.2, 0) is 0 Å². The third-order valence-electron chi connectivity index (χ3n) is 5.92. The molecule has 3 aromatic heterocycles. The van der Waals surface area contributed by atoms with Crippen molar-refractivity contribution in [2.24, 2.45) is 4.99 Å². The van der Waals surface area contributed by atoms with Gasteiger partial charge in [-0.15, -0.1) is 0 Å². The Hall–Kier alpha value is -4.32. The predicted octanol–water partition coefficient (Wildman–Crippen LogP) is 5.53. The number of benzene rings is 3. The molecule has 0 N–H and O–H groups in total. The van der Waals surface area contributed by atoms with Crippen LogP contribution in [0.5, 0.6) is 0 Å². The van der Waals surface area contributed by atoms with Crippen LogP contribution in [0.25, 0.3) is 49.6 Å². The summed E-state index contributed by atoms with van der Waals surface area (Å²) >= 11 is 0. The molecule has 0 aliphatic rings. The summed E-state index contributed by atoms with van der Waals surface area (Å²) in [4.78, 5) is 17.7. The molecular formula is C26H20N6. The summed E-state index contributed by atoms with van der Waals surface area (Å²) in [5.74, 6) is 1.47. The van der Waals surface area contributed by atoms with Gasteiger partial charge in [0, 0.05) is 28.6 Å². The molecule has 0 spiro atoms. The topological polar surface area (TPSA) is 60.9 Å². The highest BCUT2D eigenvalue weighted by atomic mass is 15.2. The molecular weight excluding hydrogens is 396 g/mol. The van der Waals surface area contributed by atoms with Crippen LogP contribution >= 0.6 is 0 Å². The third kappa shape index (κ3) is 2.46. The lowest BCUT2D eigenvalue weighted by molar-refractivity contribution is 0.940. The average molecular weight is 416 g/mol. The van der Waals surface area contributed by atoms with Gasteiger partial charge in [-0.2, -0.15) is 0 Å². The molecule has 6 aromatic rings. The Morgan fingerprint density at radius 1 is 0.781 bits per heavy atom. The van der Waals surface area contributed by atoms with E-state index in [1.165, 1.54) is 18.0 Å². The molecule has 6 nitrogen and oxygen atoms in total. The second kappa shape index (κ2) is 7.13. The van der Waals surface area contributed by atoms with Crippen molar-refractivity contribution in [3.05, 3.63) is 85.5 Å². The fourth-order valence-electron chi connectivity index (χ4n) is 4.69. The zero-order valence-corrected chi connectivity index (χ0v) is 17.8. The SMILES string of the molecule is C/C=C\C(=N/C)n1c2ccccc2c2ccc3c4ccccc4n(-c4ncncn4)c3c21. The molecule has 154 valence electrons. The summed E-state index contributed by atoms with van der Waals surface area (Å²) in [5, 5.41) is 4.65. The Morgan fingerprint density at radius 2 is 1.41 bits per heavy atom. The molecule has 0 amide bonds. The second-order valence-corrected chi connectivity index (χ2v) is 7.58. The van der Waals surface area contributed by atoms with Crippen molar-refractivity contribution >= 4 is 49.4 Å². The van der Waals surface area contributed by atoms with E-state index in [0.29, 0.717) is 5.95 Å². The Bertz CT molecular complexity index is 1690. The molecule has 0 aliphatic carbocycles. The van der Waals surface area contributed by atoms with Crippen LogP contribution in [0.3, 0.4) is 0 Å². The van der Waals surface area contributed by atoms with Crippen molar-refractivity contribution in [1.82, 2.24) is 24.1 Å². The summed E-state index contributed by atoms with van der Waals surface area (Å²) in [6, 6.07) is 21.2. The zero-order valence-electron chi connectivity index (χ0n) is 17.8. The molecule has 32 heavy (non-hydrogen) atoms. The van der Waals surface area contributed by atoms with Gasteiger partial charge in [-0.3, -0.25) is 14.1 Å². The van der Waals surface area contributed by atoms with Crippen LogP contribution in [0.2, 0.25) is 0 Å². The molecule has 0 saturated heterocycles. The number of allylic oxidation sites excluding steroid dienone is 2. The predicted molar refractivity (Wildman–Crippen MR) is 131 cm³/mol. The van der Waals surface area contributed by atoms with E-state index < -0.39 is 0 Å². The molecule has 0 fully saturated rings. The van der Waals surface area contributed by atoms with Crippen molar-refractivity contribution in [2.75, 3.05) is 7.05 Å². The first-order valence-electron chi connectivity index (χ1n) is 10.5. The first kappa shape index (κ1) is 18.4. The molecule has 0 aliphatic heterocycles. The van der Waals surface area contributed by atoms with Gasteiger partial charge in [-0.1, -0.05) is 54.6 Å². The molecule has 6 heteroatoms. The van der Waals surface area contributed by atoms with Crippen LogP contribution in [-0.4, -0.2) is 37.0 Å². The minimum atomic E-state index is 0.594. The summed E-state index contributed by atoms with van der Waals surface area (Å²) in [5.41, 5.74) is 4.30. The van der Waals surface area contributed by atoms with E-state index in [1.54, 1.807) is 0 Å². The number of hydrogen-bond donors (Lipinski definition) is 0. The van der Waals surface area contributed by atoms with Gasteiger partial charge in [0.2, 0.25) is 5.95 Å². The molecule has 0 saturated carbocycles. The minimum absolute atomic E-state index is 0.594. The average Bonchev–Trinajstić information content (AvgIpc) is 3.36. The Labute approximate surface area is 184 Å². The molecule has 0 radical (unpaired) electrons. The number of aliphatic imine (C=N–C) groups is 1. The number of hydrogen-bond acceptors (Lipinski definition) is 4. The first-order chi connectivity index (χ1) is 15.8. The van der Waals surface area contributed by atoms with Crippen LogP contribution in [0.4, 0.5) is 0 Å². The zero-order chi connectivity index (χ0) is 21.7. The highest BCUT2D eigenvalue weighted by molar-refractivity contribution is 6.26. The molecule has 0 bridgehead atoms. The summed E-state index contributed by atoms with van der Waals surface area (Å²) in [7, 11) is 1.83. The number of fused-ring (bicyclic) bond motifs is 7. The smallest absolute Gasteiger partial charge is 0.237 e. The standard InChI is InChI=1S/C26H20N6/c1-3-8-23(27-2)31-21-11-6-4-9-17(21)19-13-14-20-18-10-5-7-12-22(18)32(25(20)24(19)31)26-29-15-28-16-30-26/h3-16H,1-2H3/b8-3-,27-23+. The number of para-hydroxylation sites is 2. The van der Waals surface area contributed by atoms with E-state index in [1.807, 2.05) is 32.2 Å². The van der Waals surface area contributed by atoms with Gasteiger partial charge in [0.1, 0.15) is 18.5 Å². The van der Waals surface area contributed by atoms with Gasteiger partial charge in [0.25, 0.3) is 0 Å². The molecule has 0 unspecified atom stereocenters. The summed E-state index contributed by atoms with van der Waals surface area (Å²) in [6.07, 6.45) is 7.14. The maximum atomic E-state index is 4.63. The minimum Gasteiger partial charge on any atom is -0.292 e. The summed E-state index contributed by atoms with van der Waals surface area (Å²) < 4.78 is 4.37. The van der Waals surface area contributed by atoms with Gasteiger partial charge >= 0.3 is 0 Å². The van der Waals surface area contributed by atoms with Crippen molar-refractivity contribution in [3.63, 3.8) is 0 Å². The van der Waals surface area contributed by atoms with Crippen molar-refractivity contribution in [2.45, 2.75) is 6.92 Å². The lowest BCUT2D eigenvalue weighted by atomic mass is 10.1. The Morgan fingerprint density at radius 3 is 2.09 bits per heavy atom. The molecule has 3 heterocycles. The van der Waals surface area contributed by atoms with Crippen LogP contribution in [0, 0.1) is 0 Å². The normalized spacial score (nSPS) is 12.8. The van der Waals surface area contributed by atoms with Crippen molar-refractivity contribution < 1.29 is 0 Å². The Balaban J connectivity index is 1.95. The van der Waals surface area contributed by atoms with Crippen molar-refractivity contribution in [3.8, 4) is 5.95 Å². The van der Waals surface area contributed by atoms with Crippen molar-refractivity contribution in [1.29, 1.82) is 0 Å². The first-order valence-corrected chi connectivity index (χ1v) is 10.5. The van der Waals surface area contributed by atoms with Gasteiger partial charge in [-0.05, 0) is 25.1 Å². The maximum Gasteiger partial charge on any atom is 0.237 e. The monoisotopic (exact) mass is 416 g/mol. The highest BCUT2D eigenvalue weighted by Crippen LogP contribution is 2.39. The lowest BCUT2D eigenvalue weighted by Crippen LogP contribution is -2.10. The third-order valence-corrected chi connectivity index (χ3v) is 5.92.